The Morgan fingerprint density at radius 3 is 2.75 bits per heavy atom. The molecule has 1 aliphatic heterocycles. The van der Waals surface area contributed by atoms with Crippen LogP contribution in [0.25, 0.3) is 0 Å². The molecule has 1 aliphatic rings. The lowest BCUT2D eigenvalue weighted by Gasteiger charge is -2.14. The normalized spacial score (nSPS) is 21.4. The molecule has 0 saturated carbocycles. The zero-order chi connectivity index (χ0) is 14.5. The van der Waals surface area contributed by atoms with Gasteiger partial charge in [-0.2, -0.15) is 0 Å². The summed E-state index contributed by atoms with van der Waals surface area (Å²) >= 11 is 4.73. The number of nitrogens with one attached hydrogen (secondary N) is 1. The highest BCUT2D eigenvalue weighted by Gasteiger charge is 2.30. The van der Waals surface area contributed by atoms with Gasteiger partial charge >= 0.3 is 0 Å². The number of ether oxygens (including phenoxy) is 2. The summed E-state index contributed by atoms with van der Waals surface area (Å²) in [4.78, 5) is 12.4. The predicted octanol–water partition coefficient (Wildman–Crippen LogP) is 1.71. The number of hydrogen-bond donors (Lipinski definition) is 2. The Balaban J connectivity index is 1.90. The van der Waals surface area contributed by atoms with E-state index in [4.69, 9.17) is 27.4 Å². The summed E-state index contributed by atoms with van der Waals surface area (Å²) in [5.41, 5.74) is 6.09. The Hall–Kier alpha value is -1.66. The van der Waals surface area contributed by atoms with Gasteiger partial charge in [-0.1, -0.05) is 12.2 Å². The van der Waals surface area contributed by atoms with Gasteiger partial charge in [0.25, 0.3) is 0 Å². The molecule has 0 spiro atoms. The van der Waals surface area contributed by atoms with Gasteiger partial charge in [0.2, 0.25) is 5.91 Å². The lowest BCUT2D eigenvalue weighted by Crippen LogP contribution is -2.27. The zero-order valence-electron chi connectivity index (χ0n) is 11.3. The first-order chi connectivity index (χ1) is 9.56. The molecule has 1 aromatic rings. The van der Waals surface area contributed by atoms with E-state index in [2.05, 4.69) is 5.32 Å². The molecule has 1 fully saturated rings. The molecule has 0 radical (unpaired) electrons. The molecule has 1 heterocycles. The molecule has 1 amide bonds. The molecule has 2 atom stereocenters. The topological polar surface area (TPSA) is 73.6 Å². The second-order valence-corrected chi connectivity index (χ2v) is 5.26. The van der Waals surface area contributed by atoms with Gasteiger partial charge in [0.1, 0.15) is 17.3 Å². The minimum absolute atomic E-state index is 0.00759. The van der Waals surface area contributed by atoms with Crippen molar-refractivity contribution in [2.75, 3.05) is 18.5 Å². The number of thiocarbonyl (C=S) groups is 1. The van der Waals surface area contributed by atoms with E-state index >= 15 is 0 Å². The van der Waals surface area contributed by atoms with Crippen LogP contribution in [0, 0.1) is 5.92 Å². The quantitative estimate of drug-likeness (QED) is 0.809. The van der Waals surface area contributed by atoms with Crippen LogP contribution in [0.4, 0.5) is 5.69 Å². The van der Waals surface area contributed by atoms with E-state index in [1.165, 1.54) is 0 Å². The van der Waals surface area contributed by atoms with Crippen LogP contribution in [0.1, 0.15) is 13.3 Å². The SMILES string of the molecule is CC1OCCC1C(=O)Nc1ccc(OCC(N)=S)cc1. The number of nitrogens with two attached hydrogens (primary N) is 1. The number of rotatable bonds is 5. The van der Waals surface area contributed by atoms with E-state index in [0.29, 0.717) is 17.3 Å². The van der Waals surface area contributed by atoms with E-state index in [1.54, 1.807) is 24.3 Å². The van der Waals surface area contributed by atoms with Gasteiger partial charge in [-0.05, 0) is 37.6 Å². The van der Waals surface area contributed by atoms with Crippen LogP contribution in [0.2, 0.25) is 0 Å². The Labute approximate surface area is 123 Å². The molecule has 5 nitrogen and oxygen atoms in total. The van der Waals surface area contributed by atoms with Gasteiger partial charge in [0, 0.05) is 12.3 Å². The van der Waals surface area contributed by atoms with Crippen LogP contribution in [-0.4, -0.2) is 30.2 Å². The molecule has 2 unspecified atom stereocenters. The summed E-state index contributed by atoms with van der Waals surface area (Å²) in [6.45, 7) is 2.77. The van der Waals surface area contributed by atoms with Crippen molar-refractivity contribution < 1.29 is 14.3 Å². The molecule has 20 heavy (non-hydrogen) atoms. The number of anilines is 1. The Morgan fingerprint density at radius 1 is 1.50 bits per heavy atom. The second kappa shape index (κ2) is 6.67. The lowest BCUT2D eigenvalue weighted by atomic mass is 10.0. The van der Waals surface area contributed by atoms with Crippen LogP contribution < -0.4 is 15.8 Å². The van der Waals surface area contributed by atoms with Gasteiger partial charge in [-0.25, -0.2) is 0 Å². The summed E-state index contributed by atoms with van der Waals surface area (Å²) in [7, 11) is 0. The first kappa shape index (κ1) is 14.7. The highest BCUT2D eigenvalue weighted by molar-refractivity contribution is 7.80. The highest BCUT2D eigenvalue weighted by atomic mass is 32.1. The lowest BCUT2D eigenvalue weighted by molar-refractivity contribution is -0.121. The smallest absolute Gasteiger partial charge is 0.230 e. The zero-order valence-corrected chi connectivity index (χ0v) is 12.1. The largest absolute Gasteiger partial charge is 0.487 e. The first-order valence-electron chi connectivity index (χ1n) is 6.50. The van der Waals surface area contributed by atoms with Crippen LogP contribution in [0.3, 0.4) is 0 Å². The molecule has 108 valence electrons. The Bertz CT molecular complexity index is 490. The number of amides is 1. The molecular weight excluding hydrogens is 276 g/mol. The van der Waals surface area contributed by atoms with Gasteiger partial charge in [0.15, 0.2) is 0 Å². The van der Waals surface area contributed by atoms with Crippen molar-refractivity contribution in [3.05, 3.63) is 24.3 Å². The number of benzene rings is 1. The van der Waals surface area contributed by atoms with Crippen LogP contribution in [-0.2, 0) is 9.53 Å². The highest BCUT2D eigenvalue weighted by Crippen LogP contribution is 2.23. The Kier molecular flexibility index (Phi) is 4.92. The number of carbonyl (C=O) groups excluding carboxylic acids is 1. The fourth-order valence-corrected chi connectivity index (χ4v) is 2.16. The van der Waals surface area contributed by atoms with Crippen molar-refractivity contribution in [3.63, 3.8) is 0 Å². The van der Waals surface area contributed by atoms with Crippen molar-refractivity contribution in [3.8, 4) is 5.75 Å². The van der Waals surface area contributed by atoms with Gasteiger partial charge < -0.3 is 20.5 Å². The first-order valence-corrected chi connectivity index (χ1v) is 6.90. The minimum Gasteiger partial charge on any atom is -0.487 e. The molecular formula is C14H18N2O3S. The number of hydrogen-bond acceptors (Lipinski definition) is 4. The Morgan fingerprint density at radius 2 is 2.20 bits per heavy atom. The van der Waals surface area contributed by atoms with Gasteiger partial charge in [-0.15, -0.1) is 0 Å². The third kappa shape index (κ3) is 3.91. The summed E-state index contributed by atoms with van der Waals surface area (Å²) in [6, 6.07) is 7.10. The maximum absolute atomic E-state index is 12.1. The molecule has 3 N–H and O–H groups in total. The minimum atomic E-state index is -0.0828. The number of carbonyl (C=O) groups is 1. The average Bonchev–Trinajstić information content (AvgIpc) is 2.84. The maximum atomic E-state index is 12.1. The third-order valence-corrected chi connectivity index (χ3v) is 3.33. The van der Waals surface area contributed by atoms with E-state index in [-0.39, 0.29) is 24.5 Å². The van der Waals surface area contributed by atoms with E-state index in [9.17, 15) is 4.79 Å². The van der Waals surface area contributed by atoms with Gasteiger partial charge in [-0.3, -0.25) is 4.79 Å². The standard InChI is InChI=1S/C14H18N2O3S/c1-9-12(6-7-18-9)14(17)16-10-2-4-11(5-3-10)19-8-13(15)20/h2-5,9,12H,6-8H2,1H3,(H2,15,20)(H,16,17). The second-order valence-electron chi connectivity index (χ2n) is 4.74. The summed E-state index contributed by atoms with van der Waals surface area (Å²) in [5, 5.41) is 2.88. The maximum Gasteiger partial charge on any atom is 0.230 e. The molecule has 0 aromatic heterocycles. The van der Waals surface area contributed by atoms with Crippen molar-refractivity contribution in [2.24, 2.45) is 11.7 Å². The van der Waals surface area contributed by atoms with Crippen molar-refractivity contribution in [1.29, 1.82) is 0 Å². The predicted molar refractivity (Wildman–Crippen MR) is 80.9 cm³/mol. The van der Waals surface area contributed by atoms with Crippen LogP contribution in [0.5, 0.6) is 5.75 Å². The molecule has 0 aliphatic carbocycles. The van der Waals surface area contributed by atoms with Crippen LogP contribution >= 0.6 is 12.2 Å². The van der Waals surface area contributed by atoms with Crippen molar-refractivity contribution >= 4 is 28.8 Å². The van der Waals surface area contributed by atoms with Crippen molar-refractivity contribution in [1.82, 2.24) is 0 Å². The summed E-state index contributed by atoms with van der Waals surface area (Å²) in [6.07, 6.45) is 0.741. The summed E-state index contributed by atoms with van der Waals surface area (Å²) < 4.78 is 10.7. The molecule has 0 bridgehead atoms. The molecule has 6 heteroatoms. The third-order valence-electron chi connectivity index (χ3n) is 3.22. The van der Waals surface area contributed by atoms with Crippen molar-refractivity contribution in [2.45, 2.75) is 19.4 Å². The van der Waals surface area contributed by atoms with E-state index in [1.807, 2.05) is 6.92 Å². The van der Waals surface area contributed by atoms with E-state index in [0.717, 1.165) is 12.1 Å². The molecule has 2 rings (SSSR count). The molecule has 1 saturated heterocycles. The summed E-state index contributed by atoms with van der Waals surface area (Å²) in [5.74, 6) is 0.570. The fraction of sp³-hybridized carbons (Fsp3) is 0.429. The monoisotopic (exact) mass is 294 g/mol. The fourth-order valence-electron chi connectivity index (χ4n) is 2.10. The molecule has 1 aromatic carbocycles. The van der Waals surface area contributed by atoms with E-state index < -0.39 is 0 Å². The van der Waals surface area contributed by atoms with Crippen LogP contribution in [0.15, 0.2) is 24.3 Å². The average molecular weight is 294 g/mol. The van der Waals surface area contributed by atoms with Gasteiger partial charge in [0.05, 0.1) is 12.0 Å².